The predicted molar refractivity (Wildman–Crippen MR) is 300 cm³/mol. The summed E-state index contributed by atoms with van der Waals surface area (Å²) in [4.78, 5) is 4.75. The highest BCUT2D eigenvalue weighted by Crippen LogP contribution is 2.49. The summed E-state index contributed by atoms with van der Waals surface area (Å²) in [7, 11) is 0. The van der Waals surface area contributed by atoms with E-state index in [1.54, 1.807) is 0 Å². The molecule has 3 heteroatoms. The number of benzene rings is 12. The Bertz CT molecular complexity index is 3550. The molecule has 0 aliphatic carbocycles. The lowest BCUT2D eigenvalue weighted by atomic mass is 9.96. The Balaban J connectivity index is 1.01. The number of furan rings is 1. The first kappa shape index (κ1) is 41.7. The van der Waals surface area contributed by atoms with Gasteiger partial charge in [-0.1, -0.05) is 218 Å². The van der Waals surface area contributed by atoms with E-state index in [1.807, 2.05) is 0 Å². The van der Waals surface area contributed by atoms with Gasteiger partial charge in [-0.2, -0.15) is 0 Å². The minimum Gasteiger partial charge on any atom is -0.456 e. The molecular weight excluding hydrogens is 861 g/mol. The van der Waals surface area contributed by atoms with Gasteiger partial charge in [0.05, 0.1) is 11.4 Å². The zero-order chi connectivity index (χ0) is 47.1. The van der Waals surface area contributed by atoms with Gasteiger partial charge in [0.25, 0.3) is 0 Å². The average Bonchev–Trinajstić information content (AvgIpc) is 3.84. The van der Waals surface area contributed by atoms with E-state index in [2.05, 4.69) is 289 Å². The number of rotatable bonds is 10. The van der Waals surface area contributed by atoms with Crippen LogP contribution in [-0.4, -0.2) is 0 Å². The van der Waals surface area contributed by atoms with E-state index in [-0.39, 0.29) is 0 Å². The monoisotopic (exact) mass is 906 g/mol. The van der Waals surface area contributed by atoms with Gasteiger partial charge in [-0.05, 0) is 104 Å². The van der Waals surface area contributed by atoms with Crippen LogP contribution in [0, 0.1) is 0 Å². The van der Waals surface area contributed by atoms with Crippen molar-refractivity contribution in [2.75, 3.05) is 9.80 Å². The molecule has 0 unspecified atom stereocenters. The standard InChI is InChI=1S/C68H46N2O/c1-5-17-47(18-6-1)51-29-37-55(38-30-51)69(56-39-31-52(32-40-56)48-19-7-2-8-20-48)63-45-65-67(61-27-15-13-25-59(61)63)68-62-28-16-14-26-60(62)64(46-66(68)71-65)70(57-41-33-53(34-42-57)49-21-9-3-10-22-49)58-43-35-54(36-44-58)50-23-11-4-12-24-50/h1-46H. The molecular formula is C68H46N2O. The van der Waals surface area contributed by atoms with Crippen LogP contribution in [0.4, 0.5) is 34.1 Å². The molecule has 0 fully saturated rings. The van der Waals surface area contributed by atoms with Crippen LogP contribution in [0.2, 0.25) is 0 Å². The fourth-order valence-corrected chi connectivity index (χ4v) is 10.4. The molecule has 0 radical (unpaired) electrons. The summed E-state index contributed by atoms with van der Waals surface area (Å²) in [6, 6.07) is 100. The van der Waals surface area contributed by atoms with Crippen LogP contribution in [-0.2, 0) is 0 Å². The highest BCUT2D eigenvalue weighted by molar-refractivity contribution is 6.30. The van der Waals surface area contributed by atoms with Crippen LogP contribution < -0.4 is 9.80 Å². The Labute approximate surface area is 413 Å². The van der Waals surface area contributed by atoms with Crippen LogP contribution in [0.25, 0.3) is 88.0 Å². The van der Waals surface area contributed by atoms with Crippen molar-refractivity contribution in [3.63, 3.8) is 0 Å². The normalized spacial score (nSPS) is 11.4. The van der Waals surface area contributed by atoms with Gasteiger partial charge in [0.1, 0.15) is 11.2 Å². The second-order valence-corrected chi connectivity index (χ2v) is 18.1. The lowest BCUT2D eigenvalue weighted by Gasteiger charge is -2.27. The Morgan fingerprint density at radius 3 is 0.704 bits per heavy atom. The SMILES string of the molecule is c1ccc(-c2ccc(N(c3ccc(-c4ccccc4)cc3)c3cc4oc5cc(N(c6ccc(-c7ccccc7)cc6)c6ccc(-c7ccccc7)cc6)c6ccccc6c5c4c4ccccc34)cc2)cc1. The van der Waals surface area contributed by atoms with E-state index in [0.29, 0.717) is 0 Å². The fourth-order valence-electron chi connectivity index (χ4n) is 10.4. The molecule has 13 aromatic rings. The van der Waals surface area contributed by atoms with Gasteiger partial charge in [0, 0.05) is 56.4 Å². The molecule has 0 N–H and O–H groups in total. The molecule has 71 heavy (non-hydrogen) atoms. The smallest absolute Gasteiger partial charge is 0.138 e. The molecule has 0 aliphatic heterocycles. The summed E-state index contributed by atoms with van der Waals surface area (Å²) < 4.78 is 7.25. The van der Waals surface area contributed by atoms with E-state index in [0.717, 1.165) is 77.6 Å². The van der Waals surface area contributed by atoms with Crippen molar-refractivity contribution in [2.24, 2.45) is 0 Å². The van der Waals surface area contributed by atoms with E-state index in [9.17, 15) is 0 Å². The third-order valence-corrected chi connectivity index (χ3v) is 13.9. The summed E-state index contributed by atoms with van der Waals surface area (Å²) in [5.74, 6) is 0. The van der Waals surface area contributed by atoms with Gasteiger partial charge in [-0.25, -0.2) is 0 Å². The zero-order valence-electron chi connectivity index (χ0n) is 38.9. The van der Waals surface area contributed by atoms with Crippen molar-refractivity contribution < 1.29 is 4.42 Å². The third kappa shape index (κ3) is 7.67. The van der Waals surface area contributed by atoms with Crippen molar-refractivity contribution in [3.05, 3.63) is 279 Å². The van der Waals surface area contributed by atoms with Crippen molar-refractivity contribution >= 4 is 77.6 Å². The van der Waals surface area contributed by atoms with Gasteiger partial charge in [0.2, 0.25) is 0 Å². The highest BCUT2D eigenvalue weighted by atomic mass is 16.3. The summed E-state index contributed by atoms with van der Waals surface area (Å²) >= 11 is 0. The van der Waals surface area contributed by atoms with E-state index < -0.39 is 0 Å². The van der Waals surface area contributed by atoms with Gasteiger partial charge in [-0.3, -0.25) is 0 Å². The first-order valence-electron chi connectivity index (χ1n) is 24.2. The topological polar surface area (TPSA) is 19.6 Å². The van der Waals surface area contributed by atoms with Crippen molar-refractivity contribution in [2.45, 2.75) is 0 Å². The van der Waals surface area contributed by atoms with Crippen LogP contribution in [0.15, 0.2) is 283 Å². The summed E-state index contributed by atoms with van der Waals surface area (Å²) in [6.07, 6.45) is 0. The second kappa shape index (κ2) is 17.9. The lowest BCUT2D eigenvalue weighted by molar-refractivity contribution is 0.669. The number of fused-ring (bicyclic) bond motifs is 7. The number of anilines is 6. The summed E-state index contributed by atoms with van der Waals surface area (Å²) in [6.45, 7) is 0. The molecule has 0 saturated carbocycles. The molecule has 0 aliphatic rings. The molecule has 0 atom stereocenters. The van der Waals surface area contributed by atoms with Crippen LogP contribution >= 0.6 is 0 Å². The van der Waals surface area contributed by atoms with E-state index >= 15 is 0 Å². The maximum absolute atomic E-state index is 7.25. The highest BCUT2D eigenvalue weighted by Gasteiger charge is 2.25. The predicted octanol–water partition coefficient (Wildman–Crippen LogP) is 19.5. The third-order valence-electron chi connectivity index (χ3n) is 13.9. The van der Waals surface area contributed by atoms with Crippen LogP contribution in [0.3, 0.4) is 0 Å². The van der Waals surface area contributed by atoms with Gasteiger partial charge >= 0.3 is 0 Å². The van der Waals surface area contributed by atoms with Gasteiger partial charge in [0.15, 0.2) is 0 Å². The van der Waals surface area contributed by atoms with E-state index in [4.69, 9.17) is 4.42 Å². The molecule has 0 spiro atoms. The maximum atomic E-state index is 7.25. The summed E-state index contributed by atoms with van der Waals surface area (Å²) in [5.41, 5.74) is 17.4. The average molecular weight is 907 g/mol. The molecule has 334 valence electrons. The first-order valence-corrected chi connectivity index (χ1v) is 24.2. The number of nitrogens with zero attached hydrogens (tertiary/aromatic N) is 2. The Kier molecular flexibility index (Phi) is 10.5. The molecule has 3 nitrogen and oxygen atoms in total. The fraction of sp³-hybridized carbons (Fsp3) is 0. The van der Waals surface area contributed by atoms with Gasteiger partial charge in [-0.15, -0.1) is 0 Å². The Hall–Kier alpha value is -9.44. The quantitative estimate of drug-likeness (QED) is 0.136. The molecule has 13 rings (SSSR count). The minimum absolute atomic E-state index is 0.828. The Morgan fingerprint density at radius 2 is 0.437 bits per heavy atom. The van der Waals surface area contributed by atoms with Gasteiger partial charge < -0.3 is 14.2 Å². The Morgan fingerprint density at radius 1 is 0.211 bits per heavy atom. The molecule has 1 heterocycles. The summed E-state index contributed by atoms with van der Waals surface area (Å²) in [5, 5.41) is 6.74. The molecule has 0 amide bonds. The maximum Gasteiger partial charge on any atom is 0.138 e. The second-order valence-electron chi connectivity index (χ2n) is 18.1. The first-order chi connectivity index (χ1) is 35.2. The molecule has 0 saturated heterocycles. The minimum atomic E-state index is 0.828. The zero-order valence-corrected chi connectivity index (χ0v) is 38.9. The number of hydrogen-bond donors (Lipinski definition) is 0. The van der Waals surface area contributed by atoms with Crippen molar-refractivity contribution in [1.82, 2.24) is 0 Å². The largest absolute Gasteiger partial charge is 0.456 e. The lowest BCUT2D eigenvalue weighted by Crippen LogP contribution is -2.10. The van der Waals surface area contributed by atoms with E-state index in [1.165, 1.54) is 44.5 Å². The van der Waals surface area contributed by atoms with Crippen molar-refractivity contribution in [3.8, 4) is 44.5 Å². The van der Waals surface area contributed by atoms with Crippen LogP contribution in [0.1, 0.15) is 0 Å². The molecule has 12 aromatic carbocycles. The van der Waals surface area contributed by atoms with Crippen molar-refractivity contribution in [1.29, 1.82) is 0 Å². The molecule has 1 aromatic heterocycles. The number of hydrogen-bond acceptors (Lipinski definition) is 3. The molecule has 0 bridgehead atoms. The van der Waals surface area contributed by atoms with Crippen LogP contribution in [0.5, 0.6) is 0 Å².